The van der Waals surface area contributed by atoms with Crippen molar-refractivity contribution in [2.24, 2.45) is 0 Å². The topological polar surface area (TPSA) is 79.3 Å². The van der Waals surface area contributed by atoms with Gasteiger partial charge in [0, 0.05) is 11.9 Å². The minimum Gasteiger partial charge on any atom is -0.478 e. The first-order valence-corrected chi connectivity index (χ1v) is 7.94. The fraction of sp³-hybridized carbons (Fsp3) is 0.316. The molecule has 0 fully saturated rings. The van der Waals surface area contributed by atoms with Crippen LogP contribution in [0.1, 0.15) is 71.5 Å². The van der Waals surface area contributed by atoms with E-state index in [2.05, 4.69) is 38.0 Å². The van der Waals surface area contributed by atoms with E-state index in [-0.39, 0.29) is 17.2 Å². The van der Waals surface area contributed by atoms with Gasteiger partial charge in [-0.15, -0.1) is 0 Å². The number of anilines is 1. The number of amides is 1. The molecule has 2 aromatic rings. The molecule has 2 rings (SSSR count). The summed E-state index contributed by atoms with van der Waals surface area (Å²) in [6, 6.07) is 8.68. The van der Waals surface area contributed by atoms with Crippen LogP contribution in [-0.2, 0) is 0 Å². The zero-order chi connectivity index (χ0) is 17.9. The van der Waals surface area contributed by atoms with Gasteiger partial charge in [-0.3, -0.25) is 9.78 Å². The number of carbonyl (C=O) groups is 2. The van der Waals surface area contributed by atoms with E-state index in [1.165, 1.54) is 29.5 Å². The number of aromatic nitrogens is 1. The van der Waals surface area contributed by atoms with Crippen LogP contribution in [0.3, 0.4) is 0 Å². The molecule has 5 nitrogen and oxygen atoms in total. The molecule has 0 aliphatic carbocycles. The van der Waals surface area contributed by atoms with E-state index in [1.807, 2.05) is 18.2 Å². The number of rotatable bonds is 5. The van der Waals surface area contributed by atoms with Crippen LogP contribution in [0.25, 0.3) is 0 Å². The van der Waals surface area contributed by atoms with Gasteiger partial charge in [0.05, 0.1) is 5.56 Å². The molecule has 0 saturated carbocycles. The zero-order valence-corrected chi connectivity index (χ0v) is 14.3. The van der Waals surface area contributed by atoms with E-state index in [0.29, 0.717) is 17.5 Å². The molecule has 0 aliphatic rings. The van der Waals surface area contributed by atoms with Crippen LogP contribution in [-0.4, -0.2) is 22.0 Å². The Balaban J connectivity index is 2.22. The second-order valence-corrected chi connectivity index (χ2v) is 6.34. The Morgan fingerprint density at radius 1 is 1.00 bits per heavy atom. The first kappa shape index (κ1) is 17.7. The first-order valence-electron chi connectivity index (χ1n) is 7.94. The zero-order valence-electron chi connectivity index (χ0n) is 14.3. The summed E-state index contributed by atoms with van der Waals surface area (Å²) in [6.07, 6.45) is 1.18. The van der Waals surface area contributed by atoms with Gasteiger partial charge in [-0.1, -0.05) is 33.8 Å². The van der Waals surface area contributed by atoms with Crippen molar-refractivity contribution in [3.63, 3.8) is 0 Å². The van der Waals surface area contributed by atoms with Crippen LogP contribution in [0.15, 0.2) is 36.5 Å². The Morgan fingerprint density at radius 2 is 1.67 bits per heavy atom. The second kappa shape index (κ2) is 7.25. The summed E-state index contributed by atoms with van der Waals surface area (Å²) >= 11 is 0. The first-order chi connectivity index (χ1) is 11.3. The third-order valence-electron chi connectivity index (χ3n) is 3.83. The number of aromatic carboxylic acids is 1. The van der Waals surface area contributed by atoms with Gasteiger partial charge in [0.15, 0.2) is 0 Å². The number of carboxylic acids is 1. The van der Waals surface area contributed by atoms with Gasteiger partial charge >= 0.3 is 5.97 Å². The van der Waals surface area contributed by atoms with E-state index < -0.39 is 5.97 Å². The molecule has 24 heavy (non-hydrogen) atoms. The lowest BCUT2D eigenvalue weighted by Gasteiger charge is -2.17. The number of benzene rings is 1. The number of nitrogens with zero attached hydrogens (tertiary/aromatic N) is 1. The molecule has 1 aromatic heterocycles. The van der Waals surface area contributed by atoms with Crippen LogP contribution >= 0.6 is 0 Å². The highest BCUT2D eigenvalue weighted by Crippen LogP contribution is 2.28. The third kappa shape index (κ3) is 3.98. The summed E-state index contributed by atoms with van der Waals surface area (Å²) in [7, 11) is 0. The van der Waals surface area contributed by atoms with Gasteiger partial charge in [0.25, 0.3) is 5.91 Å². The van der Waals surface area contributed by atoms with Crippen LogP contribution in [0.5, 0.6) is 0 Å². The number of carbonyl (C=O) groups excluding carboxylic acids is 1. The summed E-state index contributed by atoms with van der Waals surface area (Å²) in [6.45, 7) is 8.54. The van der Waals surface area contributed by atoms with E-state index in [1.54, 1.807) is 0 Å². The fourth-order valence-electron chi connectivity index (χ4n) is 2.53. The minimum atomic E-state index is -1.07. The van der Waals surface area contributed by atoms with E-state index >= 15 is 0 Å². The fourth-order valence-corrected chi connectivity index (χ4v) is 2.53. The number of nitrogens with one attached hydrogen (secondary N) is 1. The number of carboxylic acid groups (broad SMARTS) is 1. The van der Waals surface area contributed by atoms with Gasteiger partial charge in [0.2, 0.25) is 0 Å². The van der Waals surface area contributed by atoms with Gasteiger partial charge < -0.3 is 10.4 Å². The molecule has 0 unspecified atom stereocenters. The Kier molecular flexibility index (Phi) is 5.34. The largest absolute Gasteiger partial charge is 0.478 e. The molecule has 126 valence electrons. The molecule has 1 heterocycles. The van der Waals surface area contributed by atoms with Crippen molar-refractivity contribution >= 4 is 17.6 Å². The standard InChI is InChI=1S/C19H22N2O3/c1-11(2)15-7-6-14(9-16(15)12(3)4)21-18(22)17-8-5-13(10-20-17)19(23)24/h5-12H,1-4H3,(H,21,22)(H,23,24). The Bertz CT molecular complexity index is 750. The van der Waals surface area contributed by atoms with Crippen molar-refractivity contribution in [1.29, 1.82) is 0 Å². The number of pyridine rings is 1. The lowest BCUT2D eigenvalue weighted by atomic mass is 9.90. The lowest BCUT2D eigenvalue weighted by Crippen LogP contribution is -2.14. The molecular formula is C19H22N2O3. The molecule has 1 aromatic carbocycles. The lowest BCUT2D eigenvalue weighted by molar-refractivity contribution is 0.0696. The molecule has 0 atom stereocenters. The van der Waals surface area contributed by atoms with E-state index in [9.17, 15) is 9.59 Å². The van der Waals surface area contributed by atoms with Crippen LogP contribution in [0.4, 0.5) is 5.69 Å². The van der Waals surface area contributed by atoms with Crippen molar-refractivity contribution in [1.82, 2.24) is 4.98 Å². The quantitative estimate of drug-likeness (QED) is 0.859. The molecule has 0 aliphatic heterocycles. The van der Waals surface area contributed by atoms with Gasteiger partial charge in [0.1, 0.15) is 5.69 Å². The maximum atomic E-state index is 12.3. The molecule has 2 N–H and O–H groups in total. The molecule has 0 spiro atoms. The number of hydrogen-bond acceptors (Lipinski definition) is 3. The average Bonchev–Trinajstić information content (AvgIpc) is 2.54. The predicted octanol–water partition coefficient (Wildman–Crippen LogP) is 4.28. The molecule has 0 radical (unpaired) electrons. The number of hydrogen-bond donors (Lipinski definition) is 2. The predicted molar refractivity (Wildman–Crippen MR) is 93.8 cm³/mol. The Morgan fingerprint density at radius 3 is 2.17 bits per heavy atom. The minimum absolute atomic E-state index is 0.0509. The summed E-state index contributed by atoms with van der Waals surface area (Å²) < 4.78 is 0. The SMILES string of the molecule is CC(C)c1ccc(NC(=O)c2ccc(C(=O)O)cn2)cc1C(C)C. The van der Waals surface area contributed by atoms with Crippen molar-refractivity contribution in [3.8, 4) is 0 Å². The summed E-state index contributed by atoms with van der Waals surface area (Å²) in [5.41, 5.74) is 3.41. The summed E-state index contributed by atoms with van der Waals surface area (Å²) in [5.74, 6) is -0.663. The van der Waals surface area contributed by atoms with Crippen molar-refractivity contribution in [3.05, 3.63) is 58.9 Å². The highest BCUT2D eigenvalue weighted by atomic mass is 16.4. The third-order valence-corrected chi connectivity index (χ3v) is 3.83. The van der Waals surface area contributed by atoms with Crippen molar-refractivity contribution in [2.75, 3.05) is 5.32 Å². The molecule has 5 heteroatoms. The van der Waals surface area contributed by atoms with Crippen molar-refractivity contribution in [2.45, 2.75) is 39.5 Å². The van der Waals surface area contributed by atoms with E-state index in [4.69, 9.17) is 5.11 Å². The monoisotopic (exact) mass is 326 g/mol. The van der Waals surface area contributed by atoms with E-state index in [0.717, 1.165) is 0 Å². The maximum absolute atomic E-state index is 12.3. The molecular weight excluding hydrogens is 304 g/mol. The Labute approximate surface area is 141 Å². The molecule has 0 saturated heterocycles. The van der Waals surface area contributed by atoms with Crippen LogP contribution in [0.2, 0.25) is 0 Å². The highest BCUT2D eigenvalue weighted by molar-refractivity contribution is 6.03. The second-order valence-electron chi connectivity index (χ2n) is 6.34. The van der Waals surface area contributed by atoms with Gasteiger partial charge in [-0.2, -0.15) is 0 Å². The summed E-state index contributed by atoms with van der Waals surface area (Å²) in [4.78, 5) is 27.0. The highest BCUT2D eigenvalue weighted by Gasteiger charge is 2.13. The molecule has 0 bridgehead atoms. The Hall–Kier alpha value is -2.69. The molecule has 1 amide bonds. The van der Waals surface area contributed by atoms with Crippen molar-refractivity contribution < 1.29 is 14.7 Å². The van der Waals surface area contributed by atoms with Crippen LogP contribution in [0, 0.1) is 0 Å². The van der Waals surface area contributed by atoms with Gasteiger partial charge in [-0.25, -0.2) is 4.79 Å². The van der Waals surface area contributed by atoms with Crippen LogP contribution < -0.4 is 5.32 Å². The average molecular weight is 326 g/mol. The smallest absolute Gasteiger partial charge is 0.337 e. The maximum Gasteiger partial charge on any atom is 0.337 e. The van der Waals surface area contributed by atoms with Gasteiger partial charge in [-0.05, 0) is 47.2 Å². The normalized spacial score (nSPS) is 10.9. The summed E-state index contributed by atoms with van der Waals surface area (Å²) in [5, 5.41) is 11.7.